The molecule has 2 aromatic carbocycles. The number of nitrogens with zero attached hydrogens (tertiary/aromatic N) is 2. The van der Waals surface area contributed by atoms with Crippen LogP contribution in [0, 0.1) is 11.6 Å². The lowest BCUT2D eigenvalue weighted by molar-refractivity contribution is 0.0945. The molecule has 0 unspecified atom stereocenters. The van der Waals surface area contributed by atoms with E-state index in [1.54, 1.807) is 31.2 Å². The lowest BCUT2D eigenvalue weighted by Crippen LogP contribution is -2.23. The third-order valence-electron chi connectivity index (χ3n) is 4.01. The van der Waals surface area contributed by atoms with Gasteiger partial charge in [0.2, 0.25) is 0 Å². The van der Waals surface area contributed by atoms with Gasteiger partial charge in [-0.05, 0) is 36.8 Å². The number of nitrogens with one attached hydrogen (secondary N) is 3. The maximum Gasteiger partial charge on any atom is 0.269 e. The Morgan fingerprint density at radius 3 is 2.48 bits per heavy atom. The second kappa shape index (κ2) is 9.35. The number of nitrogens with two attached hydrogens (primary N) is 1. The zero-order chi connectivity index (χ0) is 22.5. The monoisotopic (exact) mass is 446 g/mol. The zero-order valence-electron chi connectivity index (χ0n) is 16.2. The fourth-order valence-corrected chi connectivity index (χ4v) is 2.79. The summed E-state index contributed by atoms with van der Waals surface area (Å²) in [6, 6.07) is 9.81. The van der Waals surface area contributed by atoms with Crippen LogP contribution in [0.2, 0.25) is 5.02 Å². The molecule has 160 valence electrons. The Morgan fingerprint density at radius 1 is 1.13 bits per heavy atom. The molecule has 0 radical (unpaired) electrons. The molecule has 0 spiro atoms. The number of aromatic nitrogens is 2. The number of benzene rings is 2. The molecule has 0 saturated heterocycles. The van der Waals surface area contributed by atoms with Crippen molar-refractivity contribution in [2.45, 2.75) is 13.5 Å². The Labute approximate surface area is 180 Å². The summed E-state index contributed by atoms with van der Waals surface area (Å²) in [6.45, 7) is 1.93. The second-order valence-corrected chi connectivity index (χ2v) is 6.88. The molecule has 0 saturated carbocycles. The Kier molecular flexibility index (Phi) is 6.61. The van der Waals surface area contributed by atoms with Crippen LogP contribution in [0.5, 0.6) is 0 Å². The molecule has 0 aliphatic heterocycles. The van der Waals surface area contributed by atoms with Gasteiger partial charge in [-0.2, -0.15) is 5.10 Å². The van der Waals surface area contributed by atoms with Gasteiger partial charge in [-0.3, -0.25) is 14.7 Å². The van der Waals surface area contributed by atoms with Gasteiger partial charge in [0.15, 0.2) is 17.5 Å². The lowest BCUT2D eigenvalue weighted by Gasteiger charge is -2.05. The topological polar surface area (TPSA) is 125 Å². The van der Waals surface area contributed by atoms with E-state index in [1.165, 1.54) is 6.07 Å². The predicted octanol–water partition coefficient (Wildman–Crippen LogP) is 3.53. The van der Waals surface area contributed by atoms with E-state index in [0.717, 1.165) is 5.56 Å². The number of H-pyrrole nitrogens is 1. The standard InChI is InChI=1S/C20H17ClF2N6O2/c1-10(24)26-12-4-2-11(3-5-12)9-25-20(31)17-8-18(29-28-17)27-19(30)13-6-15(22)16(23)7-14(13)21/h2-8H,9H2,1H3,(H2,24,26)(H,25,31)(H2,27,28,29,30). The summed E-state index contributed by atoms with van der Waals surface area (Å²) in [7, 11) is 0. The third-order valence-corrected chi connectivity index (χ3v) is 4.33. The molecular weight excluding hydrogens is 430 g/mol. The van der Waals surface area contributed by atoms with Gasteiger partial charge in [0.05, 0.1) is 22.1 Å². The minimum Gasteiger partial charge on any atom is -0.387 e. The van der Waals surface area contributed by atoms with Crippen molar-refractivity contribution in [2.75, 3.05) is 5.32 Å². The normalized spacial score (nSPS) is 11.3. The fourth-order valence-electron chi connectivity index (χ4n) is 2.55. The van der Waals surface area contributed by atoms with Crippen molar-refractivity contribution in [1.82, 2.24) is 15.5 Å². The highest BCUT2D eigenvalue weighted by atomic mass is 35.5. The molecule has 8 nitrogen and oxygen atoms in total. The Hall–Kier alpha value is -3.79. The predicted molar refractivity (Wildman–Crippen MR) is 112 cm³/mol. The molecular formula is C20H17ClF2N6O2. The van der Waals surface area contributed by atoms with Crippen LogP contribution in [0.15, 0.2) is 47.5 Å². The maximum absolute atomic E-state index is 13.4. The first-order chi connectivity index (χ1) is 14.7. The van der Waals surface area contributed by atoms with Gasteiger partial charge in [-0.15, -0.1) is 0 Å². The molecule has 31 heavy (non-hydrogen) atoms. The smallest absolute Gasteiger partial charge is 0.269 e. The van der Waals surface area contributed by atoms with Gasteiger partial charge in [-0.1, -0.05) is 23.7 Å². The van der Waals surface area contributed by atoms with E-state index in [9.17, 15) is 18.4 Å². The SMILES string of the molecule is CC(N)=Nc1ccc(CNC(=O)c2cc(NC(=O)c3cc(F)c(F)cc3Cl)n[nH]2)cc1. The summed E-state index contributed by atoms with van der Waals surface area (Å²) in [5, 5.41) is 11.1. The fraction of sp³-hybridized carbons (Fsp3) is 0.100. The van der Waals surface area contributed by atoms with E-state index in [0.29, 0.717) is 23.7 Å². The van der Waals surface area contributed by atoms with Crippen LogP contribution in [0.3, 0.4) is 0 Å². The Bertz CT molecular complexity index is 1160. The molecule has 0 fully saturated rings. The summed E-state index contributed by atoms with van der Waals surface area (Å²) >= 11 is 5.78. The molecule has 0 aliphatic rings. The molecule has 5 N–H and O–H groups in total. The summed E-state index contributed by atoms with van der Waals surface area (Å²) in [5.74, 6) is -3.20. The van der Waals surface area contributed by atoms with Crippen LogP contribution in [0.25, 0.3) is 0 Å². The van der Waals surface area contributed by atoms with Gasteiger partial charge >= 0.3 is 0 Å². The van der Waals surface area contributed by atoms with Crippen molar-refractivity contribution < 1.29 is 18.4 Å². The number of carbonyl (C=O) groups excluding carboxylic acids is 2. The van der Waals surface area contributed by atoms with Gasteiger partial charge in [0, 0.05) is 12.6 Å². The number of rotatable bonds is 6. The van der Waals surface area contributed by atoms with Crippen LogP contribution in [0.1, 0.15) is 33.3 Å². The van der Waals surface area contributed by atoms with Gasteiger partial charge < -0.3 is 16.4 Å². The first-order valence-corrected chi connectivity index (χ1v) is 9.30. The molecule has 1 heterocycles. The van der Waals surface area contributed by atoms with Gasteiger partial charge in [-0.25, -0.2) is 13.8 Å². The summed E-state index contributed by atoms with van der Waals surface area (Å²) < 4.78 is 26.5. The van der Waals surface area contributed by atoms with Crippen molar-refractivity contribution in [3.8, 4) is 0 Å². The van der Waals surface area contributed by atoms with Crippen molar-refractivity contribution >= 4 is 40.8 Å². The number of halogens is 3. The van der Waals surface area contributed by atoms with Crippen molar-refractivity contribution in [2.24, 2.45) is 10.7 Å². The second-order valence-electron chi connectivity index (χ2n) is 6.47. The van der Waals surface area contributed by atoms with Crippen LogP contribution in [-0.4, -0.2) is 27.8 Å². The van der Waals surface area contributed by atoms with E-state index in [2.05, 4.69) is 25.8 Å². The van der Waals surface area contributed by atoms with E-state index in [1.807, 2.05) is 0 Å². The third kappa shape index (κ3) is 5.64. The maximum atomic E-state index is 13.4. The van der Waals surface area contributed by atoms with Crippen LogP contribution >= 0.6 is 11.6 Å². The van der Waals surface area contributed by atoms with Gasteiger partial charge in [0.25, 0.3) is 11.8 Å². The first-order valence-electron chi connectivity index (χ1n) is 8.92. The number of anilines is 1. The van der Waals surface area contributed by atoms with E-state index in [4.69, 9.17) is 17.3 Å². The minimum absolute atomic E-state index is 0.00955. The minimum atomic E-state index is -1.21. The average Bonchev–Trinajstić information content (AvgIpc) is 3.18. The van der Waals surface area contributed by atoms with E-state index < -0.39 is 23.4 Å². The van der Waals surface area contributed by atoms with Crippen molar-refractivity contribution in [3.05, 3.63) is 75.9 Å². The van der Waals surface area contributed by atoms with E-state index >= 15 is 0 Å². The summed E-state index contributed by atoms with van der Waals surface area (Å²) in [4.78, 5) is 28.6. The number of aliphatic imine (C=N–C) groups is 1. The Balaban J connectivity index is 1.60. The molecule has 3 aromatic rings. The quantitative estimate of drug-likeness (QED) is 0.262. The summed E-state index contributed by atoms with van der Waals surface area (Å²) in [6.07, 6.45) is 0. The average molecular weight is 447 g/mol. The Morgan fingerprint density at radius 2 is 1.81 bits per heavy atom. The highest BCUT2D eigenvalue weighted by molar-refractivity contribution is 6.34. The number of aromatic amines is 1. The number of amides is 2. The van der Waals surface area contributed by atoms with Crippen LogP contribution < -0.4 is 16.4 Å². The lowest BCUT2D eigenvalue weighted by atomic mass is 10.2. The molecule has 3 rings (SSSR count). The number of hydrogen-bond acceptors (Lipinski definition) is 4. The molecule has 0 bridgehead atoms. The number of hydrogen-bond donors (Lipinski definition) is 4. The van der Waals surface area contributed by atoms with Crippen molar-refractivity contribution in [3.63, 3.8) is 0 Å². The zero-order valence-corrected chi connectivity index (χ0v) is 16.9. The van der Waals surface area contributed by atoms with E-state index in [-0.39, 0.29) is 28.6 Å². The van der Waals surface area contributed by atoms with Crippen LogP contribution in [-0.2, 0) is 6.54 Å². The summed E-state index contributed by atoms with van der Waals surface area (Å²) in [5.41, 5.74) is 6.88. The largest absolute Gasteiger partial charge is 0.387 e. The molecule has 1 aromatic heterocycles. The highest BCUT2D eigenvalue weighted by Gasteiger charge is 2.17. The van der Waals surface area contributed by atoms with Gasteiger partial charge in [0.1, 0.15) is 5.69 Å². The highest BCUT2D eigenvalue weighted by Crippen LogP contribution is 2.21. The number of amidine groups is 1. The van der Waals surface area contributed by atoms with Crippen LogP contribution in [0.4, 0.5) is 20.3 Å². The first kappa shape index (κ1) is 21.9. The molecule has 0 atom stereocenters. The molecule has 2 amide bonds. The van der Waals surface area contributed by atoms with Crippen molar-refractivity contribution in [1.29, 1.82) is 0 Å². The number of carbonyl (C=O) groups is 2. The molecule has 0 aliphatic carbocycles. The molecule has 11 heteroatoms.